The van der Waals surface area contributed by atoms with E-state index in [-0.39, 0.29) is 11.5 Å². The average Bonchev–Trinajstić information content (AvgIpc) is 2.22. The summed E-state index contributed by atoms with van der Waals surface area (Å²) in [4.78, 5) is 29.1. The van der Waals surface area contributed by atoms with E-state index in [2.05, 4.69) is 0 Å². The lowest BCUT2D eigenvalue weighted by molar-refractivity contribution is -0.138. The van der Waals surface area contributed by atoms with E-state index in [1.54, 1.807) is 0 Å². The van der Waals surface area contributed by atoms with Gasteiger partial charge in [-0.2, -0.15) is 0 Å². The van der Waals surface area contributed by atoms with Crippen LogP contribution in [0.25, 0.3) is 0 Å². The number of rotatable bonds is 7. The zero-order valence-electron chi connectivity index (χ0n) is 9.05. The number of aliphatic carboxylic acids is 2. The van der Waals surface area contributed by atoms with Crippen molar-refractivity contribution in [3.8, 4) is 0 Å². The van der Waals surface area contributed by atoms with Gasteiger partial charge in [-0.3, -0.25) is 9.59 Å². The normalized spacial score (nSPS) is 12.8. The van der Waals surface area contributed by atoms with Gasteiger partial charge in [-0.1, -0.05) is 21.6 Å². The maximum atomic E-state index is 10.3. The first-order valence-electron chi connectivity index (χ1n) is 4.31. The van der Waals surface area contributed by atoms with Crippen molar-refractivity contribution in [2.75, 3.05) is 11.5 Å². The van der Waals surface area contributed by atoms with Crippen LogP contribution in [0.4, 0.5) is 4.79 Å². The molecule has 0 saturated carbocycles. The predicted octanol–water partition coefficient (Wildman–Crippen LogP) is -0.586. The van der Waals surface area contributed by atoms with Gasteiger partial charge in [0.25, 0.3) is 0 Å². The lowest BCUT2D eigenvalue weighted by atomic mass is 10.4. The summed E-state index contributed by atoms with van der Waals surface area (Å²) >= 11 is 0. The third-order valence-electron chi connectivity index (χ3n) is 1.21. The molecule has 0 heterocycles. The van der Waals surface area contributed by atoms with E-state index in [9.17, 15) is 9.59 Å². The second kappa shape index (κ2) is 11.0. The van der Waals surface area contributed by atoms with Gasteiger partial charge in [-0.25, -0.2) is 4.79 Å². The van der Waals surface area contributed by atoms with Crippen molar-refractivity contribution in [1.29, 1.82) is 0 Å². The SMILES string of the molecule is NC(CSSCC(N)C(=O)O)C(=O)O.O=C(O)O. The molecule has 0 aliphatic carbocycles. The molecule has 2 atom stereocenters. The van der Waals surface area contributed by atoms with Crippen molar-refractivity contribution < 1.29 is 34.8 Å². The summed E-state index contributed by atoms with van der Waals surface area (Å²) in [6.45, 7) is 0. The molecule has 11 heteroatoms. The summed E-state index contributed by atoms with van der Waals surface area (Å²) in [5, 5.41) is 30.8. The number of carboxylic acid groups (broad SMARTS) is 4. The van der Waals surface area contributed by atoms with Crippen LogP contribution >= 0.6 is 21.6 Å². The maximum absolute atomic E-state index is 10.3. The summed E-state index contributed by atoms with van der Waals surface area (Å²) in [6.07, 6.45) is -1.83. The fraction of sp³-hybridized carbons (Fsp3) is 0.571. The first-order valence-corrected chi connectivity index (χ1v) is 6.80. The van der Waals surface area contributed by atoms with Crippen molar-refractivity contribution in [2.24, 2.45) is 11.5 Å². The van der Waals surface area contributed by atoms with Crippen molar-refractivity contribution in [3.05, 3.63) is 0 Å². The van der Waals surface area contributed by atoms with Crippen molar-refractivity contribution >= 4 is 39.7 Å². The van der Waals surface area contributed by atoms with Crippen molar-refractivity contribution in [2.45, 2.75) is 12.1 Å². The minimum atomic E-state index is -1.83. The lowest BCUT2D eigenvalue weighted by Gasteiger charge is -2.07. The smallest absolute Gasteiger partial charge is 0.480 e. The maximum Gasteiger partial charge on any atom is 0.503 e. The van der Waals surface area contributed by atoms with Crippen LogP contribution in [0.15, 0.2) is 0 Å². The Balaban J connectivity index is 0. The van der Waals surface area contributed by atoms with Gasteiger partial charge in [0, 0.05) is 11.5 Å². The third-order valence-corrected chi connectivity index (χ3v) is 3.69. The topological polar surface area (TPSA) is 184 Å². The summed E-state index contributed by atoms with van der Waals surface area (Å²) in [6, 6.07) is -1.85. The Morgan fingerprint density at radius 1 is 0.833 bits per heavy atom. The van der Waals surface area contributed by atoms with E-state index in [0.29, 0.717) is 0 Å². The van der Waals surface area contributed by atoms with Crippen LogP contribution in [0.3, 0.4) is 0 Å². The van der Waals surface area contributed by atoms with Gasteiger partial charge in [0.2, 0.25) is 0 Å². The Morgan fingerprint density at radius 3 is 1.22 bits per heavy atom. The van der Waals surface area contributed by atoms with Crippen LogP contribution in [0, 0.1) is 0 Å². The molecule has 0 radical (unpaired) electrons. The van der Waals surface area contributed by atoms with Gasteiger partial charge in [-0.05, 0) is 0 Å². The van der Waals surface area contributed by atoms with Gasteiger partial charge in [0.05, 0.1) is 0 Å². The highest BCUT2D eigenvalue weighted by Gasteiger charge is 2.14. The van der Waals surface area contributed by atoms with E-state index in [1.165, 1.54) is 21.6 Å². The quantitative estimate of drug-likeness (QED) is 0.261. The molecule has 18 heavy (non-hydrogen) atoms. The van der Waals surface area contributed by atoms with Crippen LogP contribution in [0.2, 0.25) is 0 Å². The van der Waals surface area contributed by atoms with Gasteiger partial charge >= 0.3 is 18.1 Å². The fourth-order valence-corrected chi connectivity index (χ4v) is 2.61. The Hall–Kier alpha value is -1.17. The monoisotopic (exact) mass is 302 g/mol. The van der Waals surface area contributed by atoms with Crippen LogP contribution in [0.5, 0.6) is 0 Å². The van der Waals surface area contributed by atoms with E-state index < -0.39 is 30.2 Å². The second-order valence-electron chi connectivity index (χ2n) is 2.74. The average molecular weight is 302 g/mol. The number of carbonyl (C=O) groups is 3. The van der Waals surface area contributed by atoms with Crippen LogP contribution in [0.1, 0.15) is 0 Å². The van der Waals surface area contributed by atoms with E-state index in [4.69, 9.17) is 36.7 Å². The summed E-state index contributed by atoms with van der Waals surface area (Å²) in [5.41, 5.74) is 10.4. The predicted molar refractivity (Wildman–Crippen MR) is 66.8 cm³/mol. The summed E-state index contributed by atoms with van der Waals surface area (Å²) < 4.78 is 0. The third kappa shape index (κ3) is 14.8. The Morgan fingerprint density at radius 2 is 1.06 bits per heavy atom. The van der Waals surface area contributed by atoms with Gasteiger partial charge in [0.1, 0.15) is 12.1 Å². The molecule has 0 fully saturated rings. The molecule has 8 N–H and O–H groups in total. The summed E-state index contributed by atoms with van der Waals surface area (Å²) in [7, 11) is 2.41. The molecule has 0 aliphatic rings. The number of hydrogen-bond donors (Lipinski definition) is 6. The van der Waals surface area contributed by atoms with E-state index >= 15 is 0 Å². The first-order chi connectivity index (χ1) is 8.18. The molecule has 106 valence electrons. The molecule has 0 aromatic rings. The molecule has 0 aromatic heterocycles. The van der Waals surface area contributed by atoms with Crippen LogP contribution in [-0.4, -0.2) is 62.1 Å². The highest BCUT2D eigenvalue weighted by Crippen LogP contribution is 2.22. The standard InChI is InChI=1S/C6H12N2O4S2.CH2O3/c7-3(5(9)10)1-13-14-2-4(8)6(11)12;2-1(3)4/h3-4H,1-2,7-8H2,(H,9,10)(H,11,12);(H2,2,3,4). The van der Waals surface area contributed by atoms with Gasteiger partial charge in [0.15, 0.2) is 0 Å². The molecule has 0 aromatic carbocycles. The molecule has 0 rings (SSSR count). The van der Waals surface area contributed by atoms with Gasteiger partial charge in [-0.15, -0.1) is 0 Å². The largest absolute Gasteiger partial charge is 0.503 e. The lowest BCUT2D eigenvalue weighted by Crippen LogP contribution is -2.33. The van der Waals surface area contributed by atoms with Crippen LogP contribution in [-0.2, 0) is 9.59 Å². The molecule has 2 unspecified atom stereocenters. The van der Waals surface area contributed by atoms with Crippen LogP contribution < -0.4 is 11.5 Å². The summed E-state index contributed by atoms with van der Waals surface area (Å²) in [5.74, 6) is -1.68. The molecule has 9 nitrogen and oxygen atoms in total. The number of hydrogen-bond acceptors (Lipinski definition) is 7. The van der Waals surface area contributed by atoms with Crippen molar-refractivity contribution in [3.63, 3.8) is 0 Å². The highest BCUT2D eigenvalue weighted by molar-refractivity contribution is 8.76. The minimum Gasteiger partial charge on any atom is -0.480 e. The molecule has 0 aliphatic heterocycles. The Bertz CT molecular complexity index is 263. The Kier molecular flexibility index (Phi) is 11.7. The number of nitrogens with two attached hydrogens (primary N) is 2. The minimum absolute atomic E-state index is 0.229. The van der Waals surface area contributed by atoms with Gasteiger partial charge < -0.3 is 31.9 Å². The van der Waals surface area contributed by atoms with Crippen molar-refractivity contribution in [1.82, 2.24) is 0 Å². The zero-order chi connectivity index (χ0) is 14.7. The van der Waals surface area contributed by atoms with E-state index in [0.717, 1.165) is 0 Å². The molecule has 0 saturated heterocycles. The number of carboxylic acids is 2. The highest BCUT2D eigenvalue weighted by atomic mass is 33.1. The fourth-order valence-electron chi connectivity index (χ4n) is 0.385. The zero-order valence-corrected chi connectivity index (χ0v) is 10.7. The van der Waals surface area contributed by atoms with E-state index in [1.807, 2.05) is 0 Å². The second-order valence-corrected chi connectivity index (χ2v) is 5.29. The first kappa shape index (κ1) is 19.2. The molecule has 0 spiro atoms. The molecule has 0 bridgehead atoms. The molecule has 0 amide bonds. The molecular weight excluding hydrogens is 288 g/mol. The Labute approximate surface area is 110 Å². The molecular formula is C7H14N2O7S2.